The maximum absolute atomic E-state index is 12.1. The van der Waals surface area contributed by atoms with Crippen LogP contribution in [0.3, 0.4) is 0 Å². The second-order valence-electron chi connectivity index (χ2n) is 4.49. The number of carbonyl (C=O) groups is 1. The molecule has 0 atom stereocenters. The number of carboxylic acid groups (broad SMARTS) is 1. The lowest BCUT2D eigenvalue weighted by atomic mass is 10.2. The van der Waals surface area contributed by atoms with Crippen molar-refractivity contribution >= 4 is 16.0 Å². The number of nitrogens with zero attached hydrogens (tertiary/aromatic N) is 1. The van der Waals surface area contributed by atoms with Gasteiger partial charge >= 0.3 is 5.97 Å². The normalized spacial score (nSPS) is 11.5. The van der Waals surface area contributed by atoms with Gasteiger partial charge in [0.05, 0.1) is 4.90 Å². The van der Waals surface area contributed by atoms with Crippen molar-refractivity contribution < 1.29 is 23.4 Å². The monoisotopic (exact) mass is 310 g/mol. The largest absolute Gasteiger partial charge is 0.507 e. The molecule has 8 heteroatoms. The summed E-state index contributed by atoms with van der Waals surface area (Å²) in [6.07, 6.45) is 3.55. The number of phenols is 1. The molecule has 112 valence electrons. The first kappa shape index (κ1) is 15.1. The maximum atomic E-state index is 12.1. The number of nitrogens with one attached hydrogen (secondary N) is 1. The predicted molar refractivity (Wildman–Crippen MR) is 74.5 cm³/mol. The molecule has 0 amide bonds. The Bertz CT molecular complexity index is 780. The lowest BCUT2D eigenvalue weighted by molar-refractivity contribution is 0.0693. The van der Waals surface area contributed by atoms with E-state index in [9.17, 15) is 18.3 Å². The highest BCUT2D eigenvalue weighted by molar-refractivity contribution is 7.89. The summed E-state index contributed by atoms with van der Waals surface area (Å²) >= 11 is 0. The van der Waals surface area contributed by atoms with E-state index >= 15 is 0 Å². The molecule has 0 radical (unpaired) electrons. The van der Waals surface area contributed by atoms with Gasteiger partial charge in [-0.25, -0.2) is 17.9 Å². The molecule has 1 heterocycles. The van der Waals surface area contributed by atoms with Crippen molar-refractivity contribution in [3.05, 3.63) is 47.8 Å². The van der Waals surface area contributed by atoms with Crippen LogP contribution in [0.4, 0.5) is 0 Å². The smallest absolute Gasteiger partial charge is 0.339 e. The summed E-state index contributed by atoms with van der Waals surface area (Å²) in [6, 6.07) is 4.88. The van der Waals surface area contributed by atoms with Crippen LogP contribution in [-0.2, 0) is 23.6 Å². The van der Waals surface area contributed by atoms with Crippen molar-refractivity contribution in [3.8, 4) is 5.75 Å². The number of hydrogen-bond donors (Lipinski definition) is 3. The van der Waals surface area contributed by atoms with E-state index in [1.165, 1.54) is 0 Å². The molecule has 7 nitrogen and oxygen atoms in total. The molecule has 0 saturated heterocycles. The maximum Gasteiger partial charge on any atom is 0.339 e. The molecule has 0 aliphatic rings. The van der Waals surface area contributed by atoms with Crippen molar-refractivity contribution in [2.45, 2.75) is 11.4 Å². The van der Waals surface area contributed by atoms with Crippen LogP contribution in [0.15, 0.2) is 41.6 Å². The lowest BCUT2D eigenvalue weighted by Gasteiger charge is -2.07. The van der Waals surface area contributed by atoms with Gasteiger partial charge in [0.2, 0.25) is 10.0 Å². The van der Waals surface area contributed by atoms with Gasteiger partial charge in [-0.1, -0.05) is 0 Å². The molecule has 0 unspecified atom stereocenters. The van der Waals surface area contributed by atoms with E-state index in [2.05, 4.69) is 4.72 Å². The SMILES string of the molecule is Cn1ccc(CNS(=O)(=O)c2ccc(O)c(C(=O)O)c2)c1. The summed E-state index contributed by atoms with van der Waals surface area (Å²) in [7, 11) is -2.04. The van der Waals surface area contributed by atoms with Crippen LogP contribution in [0.1, 0.15) is 15.9 Å². The quantitative estimate of drug-likeness (QED) is 0.760. The average Bonchev–Trinajstić information content (AvgIpc) is 2.82. The van der Waals surface area contributed by atoms with E-state index in [-0.39, 0.29) is 11.4 Å². The second kappa shape index (κ2) is 5.58. The van der Waals surface area contributed by atoms with E-state index in [0.717, 1.165) is 23.8 Å². The third-order valence-corrected chi connectivity index (χ3v) is 4.27. The minimum atomic E-state index is -3.86. The van der Waals surface area contributed by atoms with Crippen LogP contribution in [-0.4, -0.2) is 29.2 Å². The van der Waals surface area contributed by atoms with Gasteiger partial charge in [-0.2, -0.15) is 0 Å². The minimum absolute atomic E-state index is 0.0897. The van der Waals surface area contributed by atoms with Crippen LogP contribution >= 0.6 is 0 Å². The Labute approximate surface area is 121 Å². The molecule has 0 fully saturated rings. The van der Waals surface area contributed by atoms with E-state index in [1.807, 2.05) is 7.05 Å². The summed E-state index contributed by atoms with van der Waals surface area (Å²) < 4.78 is 28.4. The predicted octanol–water partition coefficient (Wildman–Crippen LogP) is 0.907. The number of hydrogen-bond acceptors (Lipinski definition) is 4. The Morgan fingerprint density at radius 2 is 2.05 bits per heavy atom. The van der Waals surface area contributed by atoms with Gasteiger partial charge in [0.1, 0.15) is 11.3 Å². The van der Waals surface area contributed by atoms with Crippen LogP contribution in [0, 0.1) is 0 Å². The zero-order valence-electron chi connectivity index (χ0n) is 11.1. The molecule has 0 bridgehead atoms. The molecule has 1 aromatic carbocycles. The second-order valence-corrected chi connectivity index (χ2v) is 6.26. The van der Waals surface area contributed by atoms with Crippen molar-refractivity contribution in [2.24, 2.45) is 7.05 Å². The number of rotatable bonds is 5. The highest BCUT2D eigenvalue weighted by atomic mass is 32.2. The molecule has 0 aliphatic heterocycles. The van der Waals surface area contributed by atoms with Crippen molar-refractivity contribution in [3.63, 3.8) is 0 Å². The molecule has 21 heavy (non-hydrogen) atoms. The summed E-state index contributed by atoms with van der Waals surface area (Å²) in [4.78, 5) is 10.7. The molecule has 2 rings (SSSR count). The number of aromatic hydroxyl groups is 1. The molecule has 1 aromatic heterocycles. The molecule has 0 saturated carbocycles. The Balaban J connectivity index is 2.23. The number of aromatic nitrogens is 1. The lowest BCUT2D eigenvalue weighted by Crippen LogP contribution is -2.23. The fourth-order valence-corrected chi connectivity index (χ4v) is 2.82. The van der Waals surface area contributed by atoms with E-state index in [1.54, 1.807) is 23.0 Å². The molecule has 0 spiro atoms. The van der Waals surface area contributed by atoms with E-state index in [4.69, 9.17) is 5.11 Å². The number of sulfonamides is 1. The molecular weight excluding hydrogens is 296 g/mol. The highest BCUT2D eigenvalue weighted by Gasteiger charge is 2.18. The molecule has 3 N–H and O–H groups in total. The highest BCUT2D eigenvalue weighted by Crippen LogP contribution is 2.21. The molecule has 2 aromatic rings. The van der Waals surface area contributed by atoms with Crippen molar-refractivity contribution in [2.75, 3.05) is 0 Å². The number of aromatic carboxylic acids is 1. The van der Waals surface area contributed by atoms with Gasteiger partial charge in [-0.05, 0) is 29.8 Å². The third-order valence-electron chi connectivity index (χ3n) is 2.87. The van der Waals surface area contributed by atoms with Gasteiger partial charge in [-0.3, -0.25) is 0 Å². The van der Waals surface area contributed by atoms with Crippen LogP contribution in [0.25, 0.3) is 0 Å². The van der Waals surface area contributed by atoms with Crippen LogP contribution in [0.5, 0.6) is 5.75 Å². The Morgan fingerprint density at radius 1 is 1.33 bits per heavy atom. The first-order valence-electron chi connectivity index (χ1n) is 5.96. The number of benzene rings is 1. The van der Waals surface area contributed by atoms with Crippen molar-refractivity contribution in [1.29, 1.82) is 0 Å². The topological polar surface area (TPSA) is 109 Å². The fourth-order valence-electron chi connectivity index (χ4n) is 1.78. The van der Waals surface area contributed by atoms with E-state index in [0.29, 0.717) is 0 Å². The zero-order chi connectivity index (χ0) is 15.6. The zero-order valence-corrected chi connectivity index (χ0v) is 12.0. The minimum Gasteiger partial charge on any atom is -0.507 e. The van der Waals surface area contributed by atoms with E-state index < -0.39 is 27.3 Å². The first-order chi connectivity index (χ1) is 9.79. The molecular formula is C13H14N2O5S. The fraction of sp³-hybridized carbons (Fsp3) is 0.154. The molecule has 0 aliphatic carbocycles. The number of carboxylic acids is 1. The van der Waals surface area contributed by atoms with Gasteiger partial charge in [0.25, 0.3) is 0 Å². The van der Waals surface area contributed by atoms with Crippen molar-refractivity contribution in [1.82, 2.24) is 9.29 Å². The average molecular weight is 310 g/mol. The summed E-state index contributed by atoms with van der Waals surface area (Å²) in [5.41, 5.74) is 0.316. The Morgan fingerprint density at radius 3 is 2.62 bits per heavy atom. The van der Waals surface area contributed by atoms with Crippen LogP contribution < -0.4 is 4.72 Å². The Hall–Kier alpha value is -2.32. The summed E-state index contributed by atoms with van der Waals surface area (Å²) in [6.45, 7) is 0.0897. The van der Waals surface area contributed by atoms with Gasteiger partial charge < -0.3 is 14.8 Å². The summed E-state index contributed by atoms with van der Waals surface area (Å²) in [5.74, 6) is -1.88. The van der Waals surface area contributed by atoms with Gasteiger partial charge in [0, 0.05) is 26.0 Å². The van der Waals surface area contributed by atoms with Gasteiger partial charge in [-0.15, -0.1) is 0 Å². The first-order valence-corrected chi connectivity index (χ1v) is 7.45. The third kappa shape index (κ3) is 3.41. The Kier molecular flexibility index (Phi) is 4.01. The van der Waals surface area contributed by atoms with Crippen LogP contribution in [0.2, 0.25) is 0 Å². The standard InChI is InChI=1S/C13H14N2O5S/c1-15-5-4-9(8-15)7-14-21(19,20)10-2-3-12(16)11(6-10)13(17)18/h2-6,8,14,16H,7H2,1H3,(H,17,18). The van der Waals surface area contributed by atoms with Gasteiger partial charge in [0.15, 0.2) is 0 Å². The summed E-state index contributed by atoms with van der Waals surface area (Å²) in [5, 5.41) is 18.3. The number of aryl methyl sites for hydroxylation is 1.